The Labute approximate surface area is 288 Å². The highest BCUT2D eigenvalue weighted by Crippen LogP contribution is 2.39. The van der Waals surface area contributed by atoms with Gasteiger partial charge in [0.05, 0.1) is 18.6 Å². The molecule has 2 aliphatic rings. The number of pyridine rings is 1. The van der Waals surface area contributed by atoms with Crippen LogP contribution in [0.2, 0.25) is 0 Å². The van der Waals surface area contributed by atoms with Crippen LogP contribution in [-0.4, -0.2) is 80.4 Å². The summed E-state index contributed by atoms with van der Waals surface area (Å²) in [6.45, 7) is 9.57. The highest BCUT2D eigenvalue weighted by atomic mass is 16.5. The predicted octanol–water partition coefficient (Wildman–Crippen LogP) is 5.92. The maximum atomic E-state index is 13.5. The summed E-state index contributed by atoms with van der Waals surface area (Å²) < 4.78 is 10.6. The van der Waals surface area contributed by atoms with E-state index in [1.807, 2.05) is 80.5 Å². The molecule has 0 bridgehead atoms. The number of nitrogens with zero attached hydrogens (tertiary/aromatic N) is 8. The number of hydrogen-bond donors (Lipinski definition) is 3. The first-order valence-electron chi connectivity index (χ1n) is 17.3. The number of rotatable bonds is 10. The number of benzene rings is 1. The normalized spacial score (nSPS) is 18.4. The van der Waals surface area contributed by atoms with E-state index in [2.05, 4.69) is 52.7 Å². The Morgan fingerprint density at radius 1 is 1.04 bits per heavy atom. The molecule has 4 heterocycles. The number of piperidine rings is 1. The number of carbonyl (C=O) groups is 1. The third-order valence-corrected chi connectivity index (χ3v) is 9.20. The van der Waals surface area contributed by atoms with Gasteiger partial charge in [-0.3, -0.25) is 9.72 Å². The van der Waals surface area contributed by atoms with E-state index in [1.165, 1.54) is 6.42 Å². The fourth-order valence-corrected chi connectivity index (χ4v) is 6.28. The monoisotopic (exact) mass is 667 g/mol. The molecule has 4 aromatic rings. The van der Waals surface area contributed by atoms with E-state index in [0.29, 0.717) is 23.8 Å². The van der Waals surface area contributed by atoms with Crippen molar-refractivity contribution in [1.82, 2.24) is 39.7 Å². The zero-order chi connectivity index (χ0) is 34.5. The molecule has 3 aromatic heterocycles. The maximum absolute atomic E-state index is 13.5. The van der Waals surface area contributed by atoms with Crippen molar-refractivity contribution in [3.63, 3.8) is 0 Å². The number of likely N-dealkylation sites (N-methyl/N-ethyl adjacent to an activating group) is 1. The Hall–Kier alpha value is -4.78. The van der Waals surface area contributed by atoms with Crippen molar-refractivity contribution in [1.29, 1.82) is 5.41 Å². The number of amidine groups is 1. The minimum Gasteiger partial charge on any atom is -0.484 e. The van der Waals surface area contributed by atoms with Gasteiger partial charge < -0.3 is 29.8 Å². The van der Waals surface area contributed by atoms with Crippen molar-refractivity contribution >= 4 is 35.0 Å². The van der Waals surface area contributed by atoms with Gasteiger partial charge in [-0.25, -0.2) is 14.8 Å². The lowest BCUT2D eigenvalue weighted by Gasteiger charge is -2.32. The Morgan fingerprint density at radius 3 is 2.57 bits per heavy atom. The molecule has 0 radical (unpaired) electrons. The first kappa shape index (κ1) is 34.1. The number of carbonyl (C=O) groups excluding carboxylic acids is 1. The lowest BCUT2D eigenvalue weighted by Crippen LogP contribution is -2.43. The van der Waals surface area contributed by atoms with Crippen LogP contribution >= 0.6 is 0 Å². The van der Waals surface area contributed by atoms with Gasteiger partial charge in [-0.05, 0) is 74.9 Å². The van der Waals surface area contributed by atoms with Crippen molar-refractivity contribution in [2.45, 2.75) is 78.0 Å². The average molecular weight is 668 g/mol. The molecule has 49 heavy (non-hydrogen) atoms. The average Bonchev–Trinajstić information content (AvgIpc) is 3.71. The second kappa shape index (κ2) is 14.8. The minimum absolute atomic E-state index is 0.170. The summed E-state index contributed by atoms with van der Waals surface area (Å²) in [5, 5.41) is 23.6. The van der Waals surface area contributed by atoms with Crippen molar-refractivity contribution in [2.24, 2.45) is 10.4 Å². The van der Waals surface area contributed by atoms with Gasteiger partial charge in [0.2, 0.25) is 5.95 Å². The van der Waals surface area contributed by atoms with Crippen LogP contribution < -0.4 is 20.3 Å². The molecule has 3 N–H and O–H groups in total. The van der Waals surface area contributed by atoms with Gasteiger partial charge in [0, 0.05) is 44.5 Å². The van der Waals surface area contributed by atoms with Crippen LogP contribution in [0.4, 0.5) is 16.6 Å². The van der Waals surface area contributed by atoms with Gasteiger partial charge in [0.25, 0.3) is 0 Å². The van der Waals surface area contributed by atoms with Crippen LogP contribution in [0.1, 0.15) is 82.6 Å². The third-order valence-electron chi connectivity index (χ3n) is 9.20. The molecule has 0 spiro atoms. The third kappa shape index (κ3) is 8.45. The first-order valence-corrected chi connectivity index (χ1v) is 17.3. The van der Waals surface area contributed by atoms with E-state index in [4.69, 9.17) is 10.1 Å². The fourth-order valence-electron chi connectivity index (χ4n) is 6.28. The van der Waals surface area contributed by atoms with Gasteiger partial charge in [0.1, 0.15) is 17.7 Å². The van der Waals surface area contributed by atoms with Crippen LogP contribution in [0.25, 0.3) is 5.65 Å². The van der Waals surface area contributed by atoms with E-state index in [1.54, 1.807) is 6.33 Å². The SMILES string of the molecule is CN(C)CCn1cnc(N=C(CC(=N)C(C)(C)C)NC(=O)NC2CCC(Oc3ccc4nnc(N5CCCCC5)n4c3)c3ccccc32)c1. The number of anilines is 1. The van der Waals surface area contributed by atoms with Crippen LogP contribution in [0.15, 0.2) is 60.1 Å². The summed E-state index contributed by atoms with van der Waals surface area (Å²) in [6.07, 6.45) is 10.6. The molecule has 13 nitrogen and oxygen atoms in total. The summed E-state index contributed by atoms with van der Waals surface area (Å²) in [4.78, 5) is 27.0. The van der Waals surface area contributed by atoms with E-state index in [0.717, 1.165) is 73.9 Å². The quantitative estimate of drug-likeness (QED) is 0.141. The van der Waals surface area contributed by atoms with Crippen LogP contribution in [-0.2, 0) is 6.54 Å². The molecular formula is C36H49N11O2. The molecule has 260 valence electrons. The standard InChI is InChI=1S/C36H49N11O2/c1-36(2,3)30(37)21-31(40-32-23-45(24-38-32)20-19-44(4)5)41-34(48)39-28-14-15-29(27-12-8-7-11-26(27)28)49-25-13-16-33-42-43-35(47(33)22-25)46-17-9-6-10-18-46/h7-8,11-13,16,22-24,28-29,37H,6,9-10,14-15,17-21H2,1-5H3,(H2,39,40,41,48). The Bertz CT molecular complexity index is 1800. The number of aliphatic imine (C=N–C) groups is 1. The van der Waals surface area contributed by atoms with Crippen molar-refractivity contribution in [3.05, 3.63) is 66.2 Å². The number of amides is 2. The molecule has 1 aliphatic heterocycles. The lowest BCUT2D eigenvalue weighted by atomic mass is 9.85. The summed E-state index contributed by atoms with van der Waals surface area (Å²) in [5.74, 6) is 2.49. The summed E-state index contributed by atoms with van der Waals surface area (Å²) in [7, 11) is 4.05. The molecule has 0 saturated carbocycles. The van der Waals surface area contributed by atoms with Crippen molar-refractivity contribution in [2.75, 3.05) is 38.6 Å². The second-order valence-electron chi connectivity index (χ2n) is 14.3. The highest BCUT2D eigenvalue weighted by Gasteiger charge is 2.30. The van der Waals surface area contributed by atoms with Gasteiger partial charge in [-0.2, -0.15) is 0 Å². The number of fused-ring (bicyclic) bond motifs is 2. The molecular weight excluding hydrogens is 618 g/mol. The number of aromatic nitrogens is 5. The van der Waals surface area contributed by atoms with E-state index >= 15 is 0 Å². The Balaban J connectivity index is 1.15. The topological polar surface area (TPSA) is 141 Å². The van der Waals surface area contributed by atoms with Crippen molar-refractivity contribution in [3.8, 4) is 5.75 Å². The van der Waals surface area contributed by atoms with Gasteiger partial charge in [-0.1, -0.05) is 45.0 Å². The van der Waals surface area contributed by atoms with E-state index in [-0.39, 0.29) is 30.0 Å². The number of nitrogens with one attached hydrogen (secondary N) is 3. The lowest BCUT2D eigenvalue weighted by molar-refractivity contribution is 0.171. The van der Waals surface area contributed by atoms with Gasteiger partial charge in [-0.15, -0.1) is 10.2 Å². The molecule has 1 aliphatic carbocycles. The maximum Gasteiger partial charge on any atom is 0.320 e. The van der Waals surface area contributed by atoms with Crippen LogP contribution in [0.5, 0.6) is 5.75 Å². The molecule has 13 heteroatoms. The Morgan fingerprint density at radius 2 is 1.82 bits per heavy atom. The second-order valence-corrected chi connectivity index (χ2v) is 14.3. The molecule has 2 unspecified atom stereocenters. The minimum atomic E-state index is -0.366. The van der Waals surface area contributed by atoms with Crippen LogP contribution in [0, 0.1) is 10.8 Å². The number of ether oxygens (including phenoxy) is 1. The smallest absolute Gasteiger partial charge is 0.320 e. The fraction of sp³-hybridized carbons (Fsp3) is 0.500. The highest BCUT2D eigenvalue weighted by molar-refractivity contribution is 6.09. The largest absolute Gasteiger partial charge is 0.484 e. The molecule has 2 amide bonds. The zero-order valence-electron chi connectivity index (χ0n) is 29.3. The van der Waals surface area contributed by atoms with Gasteiger partial charge in [0.15, 0.2) is 11.5 Å². The van der Waals surface area contributed by atoms with E-state index < -0.39 is 0 Å². The number of hydrogen-bond acceptors (Lipinski definition) is 9. The van der Waals surface area contributed by atoms with Gasteiger partial charge >= 0.3 is 6.03 Å². The van der Waals surface area contributed by atoms with E-state index in [9.17, 15) is 4.79 Å². The molecule has 2 atom stereocenters. The molecule has 1 saturated heterocycles. The summed E-state index contributed by atoms with van der Waals surface area (Å²) >= 11 is 0. The number of urea groups is 1. The number of imidazole rings is 1. The van der Waals surface area contributed by atoms with Crippen molar-refractivity contribution < 1.29 is 9.53 Å². The first-order chi connectivity index (χ1) is 23.5. The molecule has 6 rings (SSSR count). The molecule has 1 fully saturated rings. The zero-order valence-corrected chi connectivity index (χ0v) is 29.3. The summed E-state index contributed by atoms with van der Waals surface area (Å²) in [5.41, 5.74) is 2.97. The van der Waals surface area contributed by atoms with Crippen LogP contribution in [0.3, 0.4) is 0 Å². The predicted molar refractivity (Wildman–Crippen MR) is 192 cm³/mol. The summed E-state index contributed by atoms with van der Waals surface area (Å²) in [6, 6.07) is 11.5. The molecule has 1 aromatic carbocycles. The Kier molecular flexibility index (Phi) is 10.3.